The average molecular weight is 389 g/mol. The molecule has 0 spiro atoms. The van der Waals surface area contributed by atoms with Crippen molar-refractivity contribution < 1.29 is 22.5 Å². The Morgan fingerprint density at radius 3 is 2.71 bits per heavy atom. The van der Waals surface area contributed by atoms with Gasteiger partial charge in [0.1, 0.15) is 0 Å². The van der Waals surface area contributed by atoms with E-state index in [0.29, 0.717) is 27.9 Å². The molecule has 0 bridgehead atoms. The first kappa shape index (κ1) is 18.5. The van der Waals surface area contributed by atoms with Crippen molar-refractivity contribution in [2.24, 2.45) is 0 Å². The number of hydrogen-bond donors (Lipinski definition) is 0. The Bertz CT molecular complexity index is 1040. The molecule has 2 heterocycles. The van der Waals surface area contributed by atoms with Crippen molar-refractivity contribution in [3.63, 3.8) is 0 Å². The van der Waals surface area contributed by atoms with E-state index in [1.807, 2.05) is 0 Å². The van der Waals surface area contributed by atoms with Gasteiger partial charge in [0.05, 0.1) is 28.2 Å². The van der Waals surface area contributed by atoms with Gasteiger partial charge in [-0.25, -0.2) is 4.98 Å². The Kier molecular flexibility index (Phi) is 4.36. The standard InChI is InChI=1S/C20H18F3N3O2/c1-11-17-9-14(10-24-18(17)28-25-11)19(27)26(16-6-7-16)12(2)13-4-3-5-15(8-13)20(21,22)23/h3-5,8-10,12,16H,6-7H2,1-2H3. The normalized spacial score (nSPS) is 15.6. The lowest BCUT2D eigenvalue weighted by atomic mass is 10.0. The number of alkyl halides is 3. The van der Waals surface area contributed by atoms with Crippen LogP contribution < -0.4 is 0 Å². The predicted molar refractivity (Wildman–Crippen MR) is 95.6 cm³/mol. The van der Waals surface area contributed by atoms with Crippen molar-refractivity contribution in [2.75, 3.05) is 0 Å². The minimum atomic E-state index is -4.43. The summed E-state index contributed by atoms with van der Waals surface area (Å²) < 4.78 is 44.3. The Labute approximate surface area is 159 Å². The third-order valence-corrected chi connectivity index (χ3v) is 5.05. The topological polar surface area (TPSA) is 59.2 Å². The molecule has 1 fully saturated rings. The van der Waals surface area contributed by atoms with Crippen LogP contribution in [0.3, 0.4) is 0 Å². The predicted octanol–water partition coefficient (Wildman–Crippen LogP) is 4.92. The second-order valence-corrected chi connectivity index (χ2v) is 7.09. The van der Waals surface area contributed by atoms with Crippen molar-refractivity contribution >= 4 is 17.0 Å². The van der Waals surface area contributed by atoms with Crippen LogP contribution in [0.4, 0.5) is 13.2 Å². The van der Waals surface area contributed by atoms with Crippen molar-refractivity contribution in [1.82, 2.24) is 15.0 Å². The van der Waals surface area contributed by atoms with Crippen LogP contribution in [-0.2, 0) is 6.18 Å². The summed E-state index contributed by atoms with van der Waals surface area (Å²) in [6.07, 6.45) is -1.34. The maximum absolute atomic E-state index is 13.2. The molecule has 3 aromatic rings. The van der Waals surface area contributed by atoms with E-state index in [2.05, 4.69) is 10.1 Å². The smallest absolute Gasteiger partial charge is 0.336 e. The summed E-state index contributed by atoms with van der Waals surface area (Å²) in [6.45, 7) is 3.51. The van der Waals surface area contributed by atoms with E-state index in [9.17, 15) is 18.0 Å². The Hall–Kier alpha value is -2.90. The number of fused-ring (bicyclic) bond motifs is 1. The Morgan fingerprint density at radius 2 is 2.04 bits per heavy atom. The van der Waals surface area contributed by atoms with Gasteiger partial charge >= 0.3 is 6.18 Å². The van der Waals surface area contributed by atoms with E-state index < -0.39 is 17.8 Å². The van der Waals surface area contributed by atoms with E-state index in [1.54, 1.807) is 30.9 Å². The first-order valence-electron chi connectivity index (χ1n) is 8.97. The molecule has 0 N–H and O–H groups in total. The van der Waals surface area contributed by atoms with Crippen LogP contribution in [0.25, 0.3) is 11.1 Å². The average Bonchev–Trinajstić information content (AvgIpc) is 3.43. The molecule has 1 aromatic carbocycles. The summed E-state index contributed by atoms with van der Waals surface area (Å²) in [5, 5.41) is 4.48. The number of aryl methyl sites for hydroxylation is 1. The molecule has 146 valence electrons. The SMILES string of the molecule is Cc1noc2ncc(C(=O)N(C3CC3)C(C)c3cccc(C(F)(F)F)c3)cc12. The van der Waals surface area contributed by atoms with Crippen LogP contribution in [0.2, 0.25) is 0 Å². The number of halogens is 3. The van der Waals surface area contributed by atoms with E-state index in [0.717, 1.165) is 25.0 Å². The number of pyridine rings is 1. The van der Waals surface area contributed by atoms with Crippen LogP contribution in [0.15, 0.2) is 41.1 Å². The fraction of sp³-hybridized carbons (Fsp3) is 0.350. The number of nitrogens with zero attached hydrogens (tertiary/aromatic N) is 3. The second-order valence-electron chi connectivity index (χ2n) is 7.09. The molecule has 4 rings (SSSR count). The molecule has 1 aliphatic rings. The van der Waals surface area contributed by atoms with Gasteiger partial charge in [-0.1, -0.05) is 17.3 Å². The van der Waals surface area contributed by atoms with Gasteiger partial charge in [-0.05, 0) is 50.5 Å². The zero-order valence-corrected chi connectivity index (χ0v) is 15.3. The molecule has 8 heteroatoms. The van der Waals surface area contributed by atoms with Crippen LogP contribution in [0.1, 0.15) is 53.0 Å². The Balaban J connectivity index is 1.68. The molecule has 2 aromatic heterocycles. The highest BCUT2D eigenvalue weighted by Gasteiger charge is 2.38. The molecule has 5 nitrogen and oxygen atoms in total. The molecule has 28 heavy (non-hydrogen) atoms. The molecule has 1 unspecified atom stereocenters. The fourth-order valence-corrected chi connectivity index (χ4v) is 3.36. The maximum Gasteiger partial charge on any atom is 0.416 e. The van der Waals surface area contributed by atoms with Gasteiger partial charge < -0.3 is 9.42 Å². The zero-order chi connectivity index (χ0) is 20.1. The van der Waals surface area contributed by atoms with E-state index in [-0.39, 0.29) is 11.9 Å². The van der Waals surface area contributed by atoms with Crippen molar-refractivity contribution in [3.8, 4) is 0 Å². The minimum Gasteiger partial charge on any atom is -0.336 e. The molecule has 1 saturated carbocycles. The van der Waals surface area contributed by atoms with E-state index >= 15 is 0 Å². The lowest BCUT2D eigenvalue weighted by Gasteiger charge is -2.30. The quantitative estimate of drug-likeness (QED) is 0.636. The third-order valence-electron chi connectivity index (χ3n) is 5.05. The summed E-state index contributed by atoms with van der Waals surface area (Å²) in [5.74, 6) is -0.262. The molecular formula is C20H18F3N3O2. The highest BCUT2D eigenvalue weighted by molar-refractivity contribution is 5.97. The summed E-state index contributed by atoms with van der Waals surface area (Å²) >= 11 is 0. The first-order valence-corrected chi connectivity index (χ1v) is 8.97. The number of benzene rings is 1. The Morgan fingerprint density at radius 1 is 1.29 bits per heavy atom. The summed E-state index contributed by atoms with van der Waals surface area (Å²) in [6, 6.07) is 6.32. The maximum atomic E-state index is 13.2. The molecule has 0 saturated heterocycles. The number of amides is 1. The largest absolute Gasteiger partial charge is 0.416 e. The van der Waals surface area contributed by atoms with Crippen molar-refractivity contribution in [2.45, 2.75) is 44.9 Å². The monoisotopic (exact) mass is 389 g/mol. The highest BCUT2D eigenvalue weighted by Crippen LogP contribution is 2.37. The zero-order valence-electron chi connectivity index (χ0n) is 15.3. The van der Waals surface area contributed by atoms with Crippen LogP contribution in [0, 0.1) is 6.92 Å². The van der Waals surface area contributed by atoms with E-state index in [1.165, 1.54) is 12.3 Å². The molecule has 1 aliphatic carbocycles. The van der Waals surface area contributed by atoms with Gasteiger partial charge in [-0.15, -0.1) is 0 Å². The van der Waals surface area contributed by atoms with Gasteiger partial charge in [0.25, 0.3) is 11.6 Å². The molecule has 1 atom stereocenters. The molecule has 1 amide bonds. The summed E-state index contributed by atoms with van der Waals surface area (Å²) in [4.78, 5) is 19.0. The summed E-state index contributed by atoms with van der Waals surface area (Å²) in [7, 11) is 0. The van der Waals surface area contributed by atoms with Crippen molar-refractivity contribution in [1.29, 1.82) is 0 Å². The number of aromatic nitrogens is 2. The second kappa shape index (κ2) is 6.61. The molecular weight excluding hydrogens is 371 g/mol. The van der Waals surface area contributed by atoms with E-state index in [4.69, 9.17) is 4.52 Å². The number of hydrogen-bond acceptors (Lipinski definition) is 4. The van der Waals surface area contributed by atoms with Gasteiger partial charge in [0.2, 0.25) is 0 Å². The number of carbonyl (C=O) groups excluding carboxylic acids is 1. The first-order chi connectivity index (χ1) is 13.3. The third kappa shape index (κ3) is 3.34. The van der Waals surface area contributed by atoms with Gasteiger partial charge in [-0.3, -0.25) is 4.79 Å². The fourth-order valence-electron chi connectivity index (χ4n) is 3.36. The van der Waals surface area contributed by atoms with Crippen LogP contribution >= 0.6 is 0 Å². The van der Waals surface area contributed by atoms with Crippen LogP contribution in [-0.4, -0.2) is 27.0 Å². The lowest BCUT2D eigenvalue weighted by Crippen LogP contribution is -2.35. The number of carbonyl (C=O) groups is 1. The van der Waals surface area contributed by atoms with Crippen LogP contribution in [0.5, 0.6) is 0 Å². The molecule has 0 radical (unpaired) electrons. The highest BCUT2D eigenvalue weighted by atomic mass is 19.4. The van der Waals surface area contributed by atoms with Gasteiger partial charge in [-0.2, -0.15) is 13.2 Å². The molecule has 0 aliphatic heterocycles. The number of rotatable bonds is 4. The lowest BCUT2D eigenvalue weighted by molar-refractivity contribution is -0.137. The van der Waals surface area contributed by atoms with Gasteiger partial charge in [0.15, 0.2) is 0 Å². The minimum absolute atomic E-state index is 0.0105. The summed E-state index contributed by atoms with van der Waals surface area (Å²) in [5.41, 5.74) is 1.07. The van der Waals surface area contributed by atoms with Gasteiger partial charge in [0, 0.05) is 12.2 Å². The van der Waals surface area contributed by atoms with Crippen molar-refractivity contribution in [3.05, 3.63) is 58.9 Å².